The van der Waals surface area contributed by atoms with Crippen molar-refractivity contribution in [3.63, 3.8) is 0 Å². The van der Waals surface area contributed by atoms with Gasteiger partial charge < -0.3 is 33.3 Å². The van der Waals surface area contributed by atoms with Gasteiger partial charge in [0.05, 0.1) is 40.3 Å². The zero-order valence-corrected chi connectivity index (χ0v) is 62.8. The van der Waals surface area contributed by atoms with Crippen molar-refractivity contribution in [1.29, 1.82) is 0 Å². The first-order valence-electron chi connectivity index (χ1n) is 40.0. The molecule has 0 aliphatic carbocycles. The van der Waals surface area contributed by atoms with Crippen LogP contribution in [0.4, 0.5) is 0 Å². The highest BCUT2D eigenvalue weighted by Gasteiger charge is 2.22. The van der Waals surface area contributed by atoms with Crippen LogP contribution in [0.25, 0.3) is 0 Å². The van der Waals surface area contributed by atoms with E-state index in [2.05, 4.69) is 123 Å². The van der Waals surface area contributed by atoms with Gasteiger partial charge in [-0.05, 0) is 77.0 Å². The van der Waals surface area contributed by atoms with Gasteiger partial charge in [-0.15, -0.1) is 0 Å². The zero-order valence-electron chi connectivity index (χ0n) is 62.8. The fraction of sp³-hybridized carbons (Fsp3) is 0.756. The van der Waals surface area contributed by atoms with Crippen molar-refractivity contribution < 1.29 is 42.9 Å². The number of carbonyl (C=O) groups excluding carboxylic acids is 3. The summed E-state index contributed by atoms with van der Waals surface area (Å²) in [7, 11) is 5.91. The second-order valence-electron chi connectivity index (χ2n) is 28.0. The fourth-order valence-electron chi connectivity index (χ4n) is 11.5. The lowest BCUT2D eigenvalue weighted by Crippen LogP contribution is -2.44. The van der Waals surface area contributed by atoms with Gasteiger partial charge in [0.2, 0.25) is 0 Å². The van der Waals surface area contributed by atoms with E-state index in [0.29, 0.717) is 23.9 Å². The summed E-state index contributed by atoms with van der Waals surface area (Å²) in [6.07, 6.45) is 104. The molecule has 2 atom stereocenters. The van der Waals surface area contributed by atoms with Crippen LogP contribution in [0, 0.1) is 0 Å². The first-order valence-corrected chi connectivity index (χ1v) is 40.0. The van der Waals surface area contributed by atoms with E-state index in [9.17, 15) is 19.5 Å². The van der Waals surface area contributed by atoms with Crippen molar-refractivity contribution in [2.24, 2.45) is 0 Å². The second-order valence-corrected chi connectivity index (χ2v) is 28.0. The molecule has 0 spiro atoms. The highest BCUT2D eigenvalue weighted by atomic mass is 16.7. The summed E-state index contributed by atoms with van der Waals surface area (Å²) in [6, 6.07) is 0. The summed E-state index contributed by atoms with van der Waals surface area (Å²) in [5.74, 6) is -2.36. The van der Waals surface area contributed by atoms with Crippen LogP contribution < -0.4 is 5.11 Å². The van der Waals surface area contributed by atoms with E-state index in [1.54, 1.807) is 0 Å². The van der Waals surface area contributed by atoms with Crippen LogP contribution in [-0.4, -0.2) is 82.3 Å². The molecule has 0 N–H and O–H groups in total. The number of nitrogens with zero attached hydrogens (tertiary/aromatic N) is 1. The Morgan fingerprint density at radius 2 is 0.600 bits per heavy atom. The molecular weight excluding hydrogens is 1170 g/mol. The van der Waals surface area contributed by atoms with Gasteiger partial charge in [0, 0.05) is 12.8 Å². The number of carboxylic acids is 1. The van der Waals surface area contributed by atoms with Crippen molar-refractivity contribution in [3.8, 4) is 0 Å². The maximum Gasteiger partial charge on any atom is 0.306 e. The monoisotopic (exact) mass is 1330 g/mol. The Balaban J connectivity index is 4.04. The maximum absolute atomic E-state index is 12.9. The summed E-state index contributed by atoms with van der Waals surface area (Å²) < 4.78 is 22.8. The number of aliphatic carboxylic acids is 1. The highest BCUT2D eigenvalue weighted by molar-refractivity contribution is 5.70. The molecule has 95 heavy (non-hydrogen) atoms. The predicted molar refractivity (Wildman–Crippen MR) is 407 cm³/mol. The third-order valence-corrected chi connectivity index (χ3v) is 17.5. The number of hydrogen-bond acceptors (Lipinski definition) is 8. The molecule has 0 aromatic rings. The molecule has 0 amide bonds. The fourth-order valence-corrected chi connectivity index (χ4v) is 11.5. The molecule has 0 radical (unpaired) electrons. The number of rotatable bonds is 74. The van der Waals surface area contributed by atoms with Crippen LogP contribution >= 0.6 is 0 Å². The molecule has 0 saturated carbocycles. The number of ether oxygens (including phenoxy) is 4. The van der Waals surface area contributed by atoms with Gasteiger partial charge in [0.25, 0.3) is 0 Å². The molecule has 0 saturated heterocycles. The lowest BCUT2D eigenvalue weighted by molar-refractivity contribution is -0.870. The smallest absolute Gasteiger partial charge is 0.306 e. The van der Waals surface area contributed by atoms with Crippen LogP contribution in [0.5, 0.6) is 0 Å². The van der Waals surface area contributed by atoms with E-state index >= 15 is 0 Å². The molecule has 0 heterocycles. The Morgan fingerprint density at radius 1 is 0.326 bits per heavy atom. The molecule has 9 heteroatoms. The SMILES string of the molecule is CC/C=C\C/C=C\C/C=C\C/C=C\C/C=C\C/C=C\C/C=C\C/C=C\C/C=C\CCCC(=O)OC(COC(=O)CCCCCCCCCCCCCCCCCCCCCCCCCCCCCCCCCCCCCCCCCCC)COC(OCC[N+](C)(C)C)C(=O)[O-]. The maximum atomic E-state index is 12.9. The van der Waals surface area contributed by atoms with Crippen LogP contribution in [0.1, 0.15) is 361 Å². The van der Waals surface area contributed by atoms with Gasteiger partial charge in [-0.2, -0.15) is 0 Å². The summed E-state index contributed by atoms with van der Waals surface area (Å²) >= 11 is 0. The Kier molecular flexibility index (Phi) is 72.5. The topological polar surface area (TPSA) is 111 Å². The Hall–Kier alpha value is -4.05. The van der Waals surface area contributed by atoms with E-state index in [-0.39, 0.29) is 38.6 Å². The van der Waals surface area contributed by atoms with Crippen LogP contribution in [0.15, 0.2) is 109 Å². The molecule has 9 nitrogen and oxygen atoms in total. The van der Waals surface area contributed by atoms with Crippen molar-refractivity contribution in [2.75, 3.05) is 47.5 Å². The number of carboxylic acid groups (broad SMARTS) is 1. The Labute approximate surface area is 587 Å². The van der Waals surface area contributed by atoms with Gasteiger partial charge >= 0.3 is 11.9 Å². The van der Waals surface area contributed by atoms with E-state index in [0.717, 1.165) is 77.0 Å². The number of quaternary nitrogens is 1. The van der Waals surface area contributed by atoms with Gasteiger partial charge in [0.15, 0.2) is 12.4 Å². The summed E-state index contributed by atoms with van der Waals surface area (Å²) in [6.45, 7) is 4.60. The average molecular weight is 1330 g/mol. The standard InChI is InChI=1S/C86H151NO8/c1-6-8-10-12-14-16-18-20-22-24-26-28-30-32-34-36-37-38-39-40-41-42-43-44-45-46-47-49-50-52-54-56-58-60-62-64-66-68-70-72-74-76-83(88)93-80-82(81-94-86(85(90)91)92-79-78-87(3,4)5)95-84(89)77-75-73-71-69-67-65-63-61-59-57-55-53-51-48-35-33-31-29-27-25-23-21-19-17-15-13-11-9-7-2/h9,11,15,17,21,23,27,29,33,35,51,53,57,59,63,65,69,71,82,86H,6-8,10,12-14,16,18-20,22,24-26,28,30-32,34,36-50,52,54-56,58,60-62,64,66-68,70,72-81H2,1-5H3/b11-9-,17-15-,23-21-,29-27-,35-33-,53-51-,59-57-,65-63-,71-69-. The van der Waals surface area contributed by atoms with Gasteiger partial charge in [-0.25, -0.2) is 0 Å². The average Bonchev–Trinajstić information content (AvgIpc) is 2.86. The molecule has 548 valence electrons. The Bertz CT molecular complexity index is 1930. The molecular formula is C86H151NO8. The predicted octanol–water partition coefficient (Wildman–Crippen LogP) is 24.4. The molecule has 2 unspecified atom stereocenters. The van der Waals surface area contributed by atoms with Crippen molar-refractivity contribution >= 4 is 17.9 Å². The summed E-state index contributed by atoms with van der Waals surface area (Å²) in [4.78, 5) is 37.5. The van der Waals surface area contributed by atoms with E-state index < -0.39 is 24.3 Å². The molecule has 0 fully saturated rings. The summed E-state index contributed by atoms with van der Waals surface area (Å²) in [5.41, 5.74) is 0. The minimum atomic E-state index is -1.64. The van der Waals surface area contributed by atoms with Gasteiger partial charge in [-0.3, -0.25) is 9.59 Å². The number of carbonyl (C=O) groups is 3. The molecule has 0 aliphatic heterocycles. The highest BCUT2D eigenvalue weighted by Crippen LogP contribution is 2.19. The third kappa shape index (κ3) is 77.2. The van der Waals surface area contributed by atoms with Crippen molar-refractivity contribution in [3.05, 3.63) is 109 Å². The van der Waals surface area contributed by atoms with Crippen molar-refractivity contribution in [2.45, 2.75) is 373 Å². The molecule has 0 bridgehead atoms. The number of unbranched alkanes of at least 4 members (excludes halogenated alkanes) is 41. The minimum Gasteiger partial charge on any atom is -0.545 e. The number of likely N-dealkylation sites (N-methyl/N-ethyl adjacent to an activating group) is 1. The summed E-state index contributed by atoms with van der Waals surface area (Å²) in [5, 5.41) is 11.8. The normalized spacial score (nSPS) is 13.2. The number of esters is 2. The Morgan fingerprint density at radius 3 is 0.884 bits per heavy atom. The number of allylic oxidation sites excluding steroid dienone is 18. The number of hydrogen-bond donors (Lipinski definition) is 0. The third-order valence-electron chi connectivity index (χ3n) is 17.5. The van der Waals surface area contributed by atoms with Crippen LogP contribution in [0.2, 0.25) is 0 Å². The van der Waals surface area contributed by atoms with E-state index in [1.807, 2.05) is 21.1 Å². The second kappa shape index (κ2) is 75.7. The quantitative estimate of drug-likeness (QED) is 0.0195. The van der Waals surface area contributed by atoms with Crippen LogP contribution in [-0.2, 0) is 33.3 Å². The van der Waals surface area contributed by atoms with Crippen molar-refractivity contribution in [1.82, 2.24) is 0 Å². The molecule has 0 aliphatic rings. The van der Waals surface area contributed by atoms with Gasteiger partial charge in [-0.1, -0.05) is 380 Å². The lowest BCUT2D eigenvalue weighted by Gasteiger charge is -2.26. The zero-order chi connectivity index (χ0) is 69.0. The largest absolute Gasteiger partial charge is 0.545 e. The molecule has 0 aromatic carbocycles. The first-order chi connectivity index (χ1) is 46.6. The minimum absolute atomic E-state index is 0.132. The first kappa shape index (κ1) is 91.0. The van der Waals surface area contributed by atoms with Crippen LogP contribution in [0.3, 0.4) is 0 Å². The van der Waals surface area contributed by atoms with E-state index in [4.69, 9.17) is 18.9 Å². The lowest BCUT2D eigenvalue weighted by atomic mass is 10.0. The van der Waals surface area contributed by atoms with E-state index in [1.165, 1.54) is 244 Å². The molecule has 0 rings (SSSR count). The molecule has 0 aromatic heterocycles. The van der Waals surface area contributed by atoms with Gasteiger partial charge in [0.1, 0.15) is 13.2 Å².